The lowest BCUT2D eigenvalue weighted by molar-refractivity contribution is -0.154. The summed E-state index contributed by atoms with van der Waals surface area (Å²) in [6.07, 6.45) is -3.56. The maximum absolute atomic E-state index is 12.3. The van der Waals surface area contributed by atoms with Gasteiger partial charge in [-0.15, -0.1) is 0 Å². The molecule has 0 aliphatic carbocycles. The lowest BCUT2D eigenvalue weighted by Gasteiger charge is -2.34. The molecule has 2 nitrogen and oxygen atoms in total. The Balaban J connectivity index is 4.39. The summed E-state index contributed by atoms with van der Waals surface area (Å²) in [5.41, 5.74) is 5.59. The fourth-order valence-corrected chi connectivity index (χ4v) is 1.73. The second-order valence-electron chi connectivity index (χ2n) is 4.44. The molecule has 0 heterocycles. The van der Waals surface area contributed by atoms with E-state index >= 15 is 0 Å². The van der Waals surface area contributed by atoms with Crippen LogP contribution in [0.5, 0.6) is 0 Å². The van der Waals surface area contributed by atoms with Gasteiger partial charge in [0.05, 0.1) is 6.54 Å². The van der Waals surface area contributed by atoms with E-state index in [0.717, 1.165) is 0 Å². The molecule has 0 spiro atoms. The molecule has 0 radical (unpaired) electrons. The van der Waals surface area contributed by atoms with Crippen molar-refractivity contribution in [3.8, 4) is 0 Å². The van der Waals surface area contributed by atoms with Gasteiger partial charge < -0.3 is 5.73 Å². The molecule has 0 aromatic carbocycles. The van der Waals surface area contributed by atoms with Gasteiger partial charge in [-0.3, -0.25) is 4.90 Å². The average molecular weight is 226 g/mol. The van der Waals surface area contributed by atoms with E-state index in [0.29, 0.717) is 6.42 Å². The highest BCUT2D eigenvalue weighted by Crippen LogP contribution is 2.21. The third-order valence-corrected chi connectivity index (χ3v) is 2.30. The van der Waals surface area contributed by atoms with Crippen molar-refractivity contribution in [1.82, 2.24) is 4.90 Å². The second-order valence-corrected chi connectivity index (χ2v) is 4.44. The SMILES string of the molecule is CC(N)CC(C)N(CC(F)(F)F)C(C)C. The lowest BCUT2D eigenvalue weighted by Crippen LogP contribution is -2.46. The van der Waals surface area contributed by atoms with E-state index in [9.17, 15) is 13.2 Å². The third-order valence-electron chi connectivity index (χ3n) is 2.30. The number of nitrogens with zero attached hydrogens (tertiary/aromatic N) is 1. The molecule has 0 rings (SSSR count). The molecule has 0 aromatic heterocycles. The summed E-state index contributed by atoms with van der Waals surface area (Å²) in [5, 5.41) is 0. The zero-order valence-electron chi connectivity index (χ0n) is 9.80. The van der Waals surface area contributed by atoms with Crippen LogP contribution in [-0.4, -0.2) is 35.7 Å². The minimum absolute atomic E-state index is 0.0746. The number of hydrogen-bond acceptors (Lipinski definition) is 2. The molecule has 5 heteroatoms. The molecular formula is C10H21F3N2. The largest absolute Gasteiger partial charge is 0.401 e. The summed E-state index contributed by atoms with van der Waals surface area (Å²) in [6.45, 7) is 6.27. The molecule has 0 aromatic rings. The monoisotopic (exact) mass is 226 g/mol. The van der Waals surface area contributed by atoms with Crippen LogP contribution in [-0.2, 0) is 0 Å². The molecule has 0 bridgehead atoms. The van der Waals surface area contributed by atoms with E-state index < -0.39 is 12.7 Å². The Hall–Kier alpha value is -0.290. The zero-order chi connectivity index (χ0) is 12.2. The molecule has 0 fully saturated rings. The molecule has 0 aliphatic heterocycles. The number of halogens is 3. The van der Waals surface area contributed by atoms with Gasteiger partial charge >= 0.3 is 6.18 Å². The Bertz CT molecular complexity index is 178. The minimum atomic E-state index is -4.14. The predicted molar refractivity (Wildman–Crippen MR) is 55.6 cm³/mol. The smallest absolute Gasteiger partial charge is 0.328 e. The summed E-state index contributed by atoms with van der Waals surface area (Å²) < 4.78 is 36.9. The number of hydrogen-bond donors (Lipinski definition) is 1. The Morgan fingerprint density at radius 3 is 1.87 bits per heavy atom. The quantitative estimate of drug-likeness (QED) is 0.780. The van der Waals surface area contributed by atoms with E-state index in [1.54, 1.807) is 20.8 Å². The van der Waals surface area contributed by atoms with Crippen LogP contribution in [0.4, 0.5) is 13.2 Å². The van der Waals surface area contributed by atoms with Crippen molar-refractivity contribution < 1.29 is 13.2 Å². The van der Waals surface area contributed by atoms with Gasteiger partial charge in [0.25, 0.3) is 0 Å². The fourth-order valence-electron chi connectivity index (χ4n) is 1.73. The Kier molecular flexibility index (Phi) is 5.59. The highest BCUT2D eigenvalue weighted by Gasteiger charge is 2.33. The summed E-state index contributed by atoms with van der Waals surface area (Å²) in [6, 6.07) is -0.346. The highest BCUT2D eigenvalue weighted by atomic mass is 19.4. The van der Waals surface area contributed by atoms with Gasteiger partial charge in [-0.05, 0) is 34.1 Å². The van der Waals surface area contributed by atoms with Crippen LogP contribution in [0.15, 0.2) is 0 Å². The van der Waals surface area contributed by atoms with E-state index in [-0.39, 0.29) is 18.1 Å². The van der Waals surface area contributed by atoms with E-state index in [1.807, 2.05) is 6.92 Å². The molecule has 0 saturated heterocycles. The summed E-state index contributed by atoms with van der Waals surface area (Å²) in [7, 11) is 0. The van der Waals surface area contributed by atoms with E-state index in [1.165, 1.54) is 4.90 Å². The van der Waals surface area contributed by atoms with Crippen molar-refractivity contribution in [2.24, 2.45) is 5.73 Å². The first kappa shape index (κ1) is 14.7. The Morgan fingerprint density at radius 1 is 1.13 bits per heavy atom. The minimum Gasteiger partial charge on any atom is -0.328 e. The van der Waals surface area contributed by atoms with E-state index in [4.69, 9.17) is 5.73 Å². The predicted octanol–water partition coefficient (Wildman–Crippen LogP) is 2.38. The molecule has 15 heavy (non-hydrogen) atoms. The van der Waals surface area contributed by atoms with Gasteiger partial charge in [0.15, 0.2) is 0 Å². The maximum atomic E-state index is 12.3. The maximum Gasteiger partial charge on any atom is 0.401 e. The Labute approximate surface area is 89.6 Å². The zero-order valence-corrected chi connectivity index (χ0v) is 9.80. The van der Waals surface area contributed by atoms with Gasteiger partial charge in [-0.1, -0.05) is 0 Å². The van der Waals surface area contributed by atoms with Crippen molar-refractivity contribution in [3.05, 3.63) is 0 Å². The van der Waals surface area contributed by atoms with Crippen molar-refractivity contribution in [3.63, 3.8) is 0 Å². The van der Waals surface area contributed by atoms with Gasteiger partial charge in [-0.25, -0.2) is 0 Å². The molecular weight excluding hydrogens is 205 g/mol. The van der Waals surface area contributed by atoms with Crippen LogP contribution in [0.3, 0.4) is 0 Å². The molecule has 0 aliphatic rings. The Morgan fingerprint density at radius 2 is 1.60 bits per heavy atom. The van der Waals surface area contributed by atoms with Crippen molar-refractivity contribution in [1.29, 1.82) is 0 Å². The molecule has 92 valence electrons. The molecule has 2 atom stereocenters. The molecule has 0 saturated carbocycles. The molecule has 2 unspecified atom stereocenters. The van der Waals surface area contributed by atoms with Crippen molar-refractivity contribution in [2.45, 2.75) is 58.4 Å². The summed E-state index contributed by atoms with van der Waals surface area (Å²) >= 11 is 0. The van der Waals surface area contributed by atoms with Gasteiger partial charge in [0.2, 0.25) is 0 Å². The number of rotatable bonds is 5. The van der Waals surface area contributed by atoms with Gasteiger partial charge in [0.1, 0.15) is 0 Å². The van der Waals surface area contributed by atoms with Crippen LogP contribution in [0.1, 0.15) is 34.1 Å². The average Bonchev–Trinajstić information content (AvgIpc) is 1.96. The van der Waals surface area contributed by atoms with Crippen LogP contribution < -0.4 is 5.73 Å². The highest BCUT2D eigenvalue weighted by molar-refractivity contribution is 4.76. The topological polar surface area (TPSA) is 29.3 Å². The normalized spacial score (nSPS) is 17.2. The number of alkyl halides is 3. The standard InChI is InChI=1S/C10H21F3N2/c1-7(2)15(6-10(11,12)13)9(4)5-8(3)14/h7-9H,5-6,14H2,1-4H3. The number of nitrogens with two attached hydrogens (primary N) is 1. The fraction of sp³-hybridized carbons (Fsp3) is 1.00. The van der Waals surface area contributed by atoms with Crippen LogP contribution >= 0.6 is 0 Å². The third kappa shape index (κ3) is 6.73. The van der Waals surface area contributed by atoms with Gasteiger partial charge in [0, 0.05) is 18.1 Å². The first-order valence-corrected chi connectivity index (χ1v) is 5.21. The van der Waals surface area contributed by atoms with Crippen LogP contribution in [0, 0.1) is 0 Å². The second kappa shape index (κ2) is 5.70. The first-order chi connectivity index (χ1) is 6.63. The van der Waals surface area contributed by atoms with E-state index in [2.05, 4.69) is 0 Å². The first-order valence-electron chi connectivity index (χ1n) is 5.21. The van der Waals surface area contributed by atoms with Crippen LogP contribution in [0.25, 0.3) is 0 Å². The lowest BCUT2D eigenvalue weighted by atomic mass is 10.1. The summed E-state index contributed by atoms with van der Waals surface area (Å²) in [5.74, 6) is 0. The van der Waals surface area contributed by atoms with Gasteiger partial charge in [-0.2, -0.15) is 13.2 Å². The van der Waals surface area contributed by atoms with Crippen LogP contribution in [0.2, 0.25) is 0 Å². The van der Waals surface area contributed by atoms with Crippen molar-refractivity contribution >= 4 is 0 Å². The molecule has 2 N–H and O–H groups in total. The molecule has 0 amide bonds. The summed E-state index contributed by atoms with van der Waals surface area (Å²) in [4.78, 5) is 1.43. The van der Waals surface area contributed by atoms with Crippen molar-refractivity contribution in [2.75, 3.05) is 6.54 Å².